The molecule has 1 N–H and O–H groups in total. The highest BCUT2D eigenvalue weighted by Crippen LogP contribution is 2.24. The van der Waals surface area contributed by atoms with E-state index in [0.29, 0.717) is 16.5 Å². The first-order valence-corrected chi connectivity index (χ1v) is 3.92. The fourth-order valence-corrected chi connectivity index (χ4v) is 1.29. The number of hydrogen-bond donors (Lipinski definition) is 1. The van der Waals surface area contributed by atoms with Gasteiger partial charge in [-0.05, 0) is 25.1 Å². The van der Waals surface area contributed by atoms with Crippen molar-refractivity contribution in [2.75, 3.05) is 0 Å². The summed E-state index contributed by atoms with van der Waals surface area (Å²) in [6, 6.07) is 4.32. The molecule has 0 aliphatic heterocycles. The van der Waals surface area contributed by atoms with Gasteiger partial charge in [0.05, 0.1) is 11.7 Å². The fraction of sp³-hybridized carbons (Fsp3) is 0.100. The van der Waals surface area contributed by atoms with Gasteiger partial charge < -0.3 is 5.11 Å². The van der Waals surface area contributed by atoms with Gasteiger partial charge >= 0.3 is 0 Å². The number of fused-ring (bicyclic) bond motifs is 1. The zero-order valence-electron chi connectivity index (χ0n) is 7.08. The summed E-state index contributed by atoms with van der Waals surface area (Å²) in [6.07, 6.45) is 1.37. The van der Waals surface area contributed by atoms with E-state index in [4.69, 9.17) is 0 Å². The number of pyridine rings is 1. The summed E-state index contributed by atoms with van der Waals surface area (Å²) >= 11 is 0. The summed E-state index contributed by atoms with van der Waals surface area (Å²) in [7, 11) is 0. The van der Waals surface area contributed by atoms with Gasteiger partial charge in [0.25, 0.3) is 0 Å². The van der Waals surface area contributed by atoms with E-state index >= 15 is 0 Å². The van der Waals surface area contributed by atoms with Crippen molar-refractivity contribution in [3.63, 3.8) is 0 Å². The Morgan fingerprint density at radius 2 is 2.15 bits per heavy atom. The van der Waals surface area contributed by atoms with E-state index < -0.39 is 0 Å². The number of hydrogen-bond acceptors (Lipinski definition) is 2. The normalized spacial score (nSPS) is 10.6. The molecular formula is C10H8FNO. The molecule has 66 valence electrons. The number of aromatic nitrogens is 1. The van der Waals surface area contributed by atoms with Crippen LogP contribution in [-0.2, 0) is 0 Å². The minimum absolute atomic E-state index is 0.0955. The van der Waals surface area contributed by atoms with Crippen LogP contribution in [-0.4, -0.2) is 10.1 Å². The molecule has 2 aromatic rings. The van der Waals surface area contributed by atoms with Crippen LogP contribution in [0.1, 0.15) is 5.56 Å². The molecule has 2 nitrogen and oxygen atoms in total. The van der Waals surface area contributed by atoms with Crippen molar-refractivity contribution in [1.82, 2.24) is 4.98 Å². The molecular weight excluding hydrogens is 169 g/mol. The lowest BCUT2D eigenvalue weighted by Crippen LogP contribution is -1.85. The van der Waals surface area contributed by atoms with Gasteiger partial charge in [-0.15, -0.1) is 0 Å². The lowest BCUT2D eigenvalue weighted by atomic mass is 10.1. The number of aromatic hydroxyl groups is 1. The van der Waals surface area contributed by atoms with Crippen LogP contribution in [0.3, 0.4) is 0 Å². The maximum Gasteiger partial charge on any atom is 0.137 e. The molecule has 0 aliphatic carbocycles. The molecule has 2 rings (SSSR count). The minimum atomic E-state index is -0.317. The molecule has 0 saturated carbocycles. The van der Waals surface area contributed by atoms with Crippen LogP contribution in [0.25, 0.3) is 10.9 Å². The molecule has 1 aromatic heterocycles. The topological polar surface area (TPSA) is 33.1 Å². The van der Waals surface area contributed by atoms with Crippen LogP contribution in [0.4, 0.5) is 4.39 Å². The molecule has 0 atom stereocenters. The van der Waals surface area contributed by atoms with Gasteiger partial charge in [-0.2, -0.15) is 0 Å². The molecule has 0 unspecified atom stereocenters. The standard InChI is InChI=1S/C10H8FNO/c1-6-8-4-7(11)2-3-9(8)12-5-10(6)13/h2-5,13H,1H3. The minimum Gasteiger partial charge on any atom is -0.506 e. The quantitative estimate of drug-likeness (QED) is 0.670. The van der Waals surface area contributed by atoms with Crippen LogP contribution < -0.4 is 0 Å². The summed E-state index contributed by atoms with van der Waals surface area (Å²) < 4.78 is 12.8. The Balaban J connectivity index is 2.89. The maximum atomic E-state index is 12.8. The molecule has 13 heavy (non-hydrogen) atoms. The number of halogens is 1. The second-order valence-corrected chi connectivity index (χ2v) is 2.93. The lowest BCUT2D eigenvalue weighted by molar-refractivity contribution is 0.470. The van der Waals surface area contributed by atoms with Crippen molar-refractivity contribution >= 4 is 10.9 Å². The summed E-state index contributed by atoms with van der Waals surface area (Å²) in [4.78, 5) is 3.97. The second kappa shape index (κ2) is 2.69. The van der Waals surface area contributed by atoms with E-state index in [2.05, 4.69) is 4.98 Å². The van der Waals surface area contributed by atoms with Crippen LogP contribution in [0.15, 0.2) is 24.4 Å². The SMILES string of the molecule is Cc1c(O)cnc2ccc(F)cc12. The van der Waals surface area contributed by atoms with E-state index in [9.17, 15) is 9.50 Å². The van der Waals surface area contributed by atoms with E-state index in [0.717, 1.165) is 0 Å². The zero-order chi connectivity index (χ0) is 9.42. The lowest BCUT2D eigenvalue weighted by Gasteiger charge is -2.02. The molecule has 1 heterocycles. The summed E-state index contributed by atoms with van der Waals surface area (Å²) in [5.74, 6) is -0.221. The zero-order valence-corrected chi connectivity index (χ0v) is 7.08. The van der Waals surface area contributed by atoms with Gasteiger partial charge in [-0.3, -0.25) is 4.98 Å². The second-order valence-electron chi connectivity index (χ2n) is 2.93. The number of aryl methyl sites for hydroxylation is 1. The Morgan fingerprint density at radius 1 is 1.38 bits per heavy atom. The van der Waals surface area contributed by atoms with Gasteiger partial charge in [0, 0.05) is 10.9 Å². The van der Waals surface area contributed by atoms with Crippen molar-refractivity contribution < 1.29 is 9.50 Å². The molecule has 0 amide bonds. The largest absolute Gasteiger partial charge is 0.506 e. The Kier molecular flexibility index (Phi) is 1.65. The maximum absolute atomic E-state index is 12.8. The molecule has 0 radical (unpaired) electrons. The first-order chi connectivity index (χ1) is 6.18. The molecule has 3 heteroatoms. The number of nitrogens with zero attached hydrogens (tertiary/aromatic N) is 1. The smallest absolute Gasteiger partial charge is 0.137 e. The molecule has 0 bridgehead atoms. The van der Waals surface area contributed by atoms with Crippen molar-refractivity contribution in [2.24, 2.45) is 0 Å². The van der Waals surface area contributed by atoms with Crippen molar-refractivity contribution in [1.29, 1.82) is 0 Å². The van der Waals surface area contributed by atoms with E-state index in [-0.39, 0.29) is 11.6 Å². The molecule has 0 spiro atoms. The van der Waals surface area contributed by atoms with Crippen molar-refractivity contribution in [3.05, 3.63) is 35.8 Å². The first kappa shape index (κ1) is 7.98. The van der Waals surface area contributed by atoms with E-state index in [1.165, 1.54) is 18.3 Å². The average Bonchev–Trinajstić information content (AvgIpc) is 2.12. The average molecular weight is 177 g/mol. The third-order valence-corrected chi connectivity index (χ3v) is 2.07. The Labute approximate surface area is 74.7 Å². The Bertz CT molecular complexity index is 462. The molecule has 0 saturated heterocycles. The van der Waals surface area contributed by atoms with Gasteiger partial charge in [0.2, 0.25) is 0 Å². The highest BCUT2D eigenvalue weighted by molar-refractivity contribution is 5.83. The predicted molar refractivity (Wildman–Crippen MR) is 48.1 cm³/mol. The monoisotopic (exact) mass is 177 g/mol. The molecule has 0 fully saturated rings. The van der Waals surface area contributed by atoms with Crippen LogP contribution >= 0.6 is 0 Å². The predicted octanol–water partition coefficient (Wildman–Crippen LogP) is 2.39. The van der Waals surface area contributed by atoms with Gasteiger partial charge in [-0.25, -0.2) is 4.39 Å². The first-order valence-electron chi connectivity index (χ1n) is 3.92. The van der Waals surface area contributed by atoms with Crippen molar-refractivity contribution in [2.45, 2.75) is 6.92 Å². The van der Waals surface area contributed by atoms with Crippen molar-refractivity contribution in [3.8, 4) is 5.75 Å². The van der Waals surface area contributed by atoms with E-state index in [1.54, 1.807) is 13.0 Å². The Hall–Kier alpha value is -1.64. The fourth-order valence-electron chi connectivity index (χ4n) is 1.29. The third kappa shape index (κ3) is 1.22. The number of rotatable bonds is 0. The van der Waals surface area contributed by atoms with Gasteiger partial charge in [-0.1, -0.05) is 0 Å². The van der Waals surface area contributed by atoms with E-state index in [1.807, 2.05) is 0 Å². The molecule has 1 aromatic carbocycles. The van der Waals surface area contributed by atoms with Crippen LogP contribution in [0, 0.1) is 12.7 Å². The summed E-state index contributed by atoms with van der Waals surface area (Å²) in [5, 5.41) is 9.98. The molecule has 0 aliphatic rings. The highest BCUT2D eigenvalue weighted by atomic mass is 19.1. The summed E-state index contributed by atoms with van der Waals surface area (Å²) in [6.45, 7) is 1.73. The third-order valence-electron chi connectivity index (χ3n) is 2.07. The highest BCUT2D eigenvalue weighted by Gasteiger charge is 2.03. The summed E-state index contributed by atoms with van der Waals surface area (Å²) in [5.41, 5.74) is 1.35. The van der Waals surface area contributed by atoms with Crippen LogP contribution in [0.5, 0.6) is 5.75 Å². The number of benzene rings is 1. The van der Waals surface area contributed by atoms with Gasteiger partial charge in [0.15, 0.2) is 0 Å². The Morgan fingerprint density at radius 3 is 2.92 bits per heavy atom. The van der Waals surface area contributed by atoms with Crippen LogP contribution in [0.2, 0.25) is 0 Å². The van der Waals surface area contributed by atoms with Gasteiger partial charge in [0.1, 0.15) is 11.6 Å².